The molecule has 1 radical (unpaired) electrons. The van der Waals surface area contributed by atoms with Crippen LogP contribution >= 0.6 is 0 Å². The molecule has 2 heterocycles. The monoisotopic (exact) mass is 133 g/mol. The van der Waals surface area contributed by atoms with Crippen molar-refractivity contribution >= 4 is 0 Å². The van der Waals surface area contributed by atoms with E-state index in [1.54, 1.807) is 0 Å². The molecule has 0 atom stereocenters. The fourth-order valence-electron chi connectivity index (χ4n) is 1.14. The number of hydrogen-bond acceptors (Lipinski definition) is 1. The lowest BCUT2D eigenvalue weighted by atomic mass is 10.1. The van der Waals surface area contributed by atoms with Gasteiger partial charge >= 0.3 is 0 Å². The van der Waals surface area contributed by atoms with Crippen LogP contribution in [0.15, 0.2) is 35.7 Å². The average Bonchev–Trinajstić information content (AvgIpc) is 2.05. The summed E-state index contributed by atoms with van der Waals surface area (Å²) in [4.78, 5) is 0. The summed E-state index contributed by atoms with van der Waals surface area (Å²) < 4.78 is 0. The molecule has 2 rings (SSSR count). The van der Waals surface area contributed by atoms with Crippen LogP contribution < -0.4 is 10.6 Å². The molecule has 0 aliphatic carbocycles. The highest BCUT2D eigenvalue weighted by Gasteiger charge is 2.08. The SMILES string of the molecule is C1=CC2=CNCC=C2[N]C1. The standard InChI is InChI=1S/C8H9N2/c1-2-7-6-9-5-3-8(7)10-4-1/h1-3,6,9H,4-5H2. The van der Waals surface area contributed by atoms with E-state index in [2.05, 4.69) is 28.9 Å². The second-order valence-corrected chi connectivity index (χ2v) is 2.34. The number of rotatable bonds is 0. The minimum absolute atomic E-state index is 0.836. The van der Waals surface area contributed by atoms with E-state index in [0.29, 0.717) is 0 Å². The Labute approximate surface area is 60.3 Å². The van der Waals surface area contributed by atoms with E-state index in [0.717, 1.165) is 18.8 Å². The van der Waals surface area contributed by atoms with Gasteiger partial charge < -0.3 is 5.32 Å². The Bertz CT molecular complexity index is 223. The third-order valence-corrected chi connectivity index (χ3v) is 1.63. The normalized spacial score (nSPS) is 21.6. The first kappa shape index (κ1) is 5.59. The number of hydrogen-bond donors (Lipinski definition) is 1. The molecule has 2 aliphatic heterocycles. The van der Waals surface area contributed by atoms with Gasteiger partial charge in [-0.2, -0.15) is 0 Å². The molecule has 0 unspecified atom stereocenters. The average molecular weight is 133 g/mol. The van der Waals surface area contributed by atoms with Crippen molar-refractivity contribution in [3.63, 3.8) is 0 Å². The van der Waals surface area contributed by atoms with Gasteiger partial charge in [-0.1, -0.05) is 12.2 Å². The van der Waals surface area contributed by atoms with Crippen molar-refractivity contribution in [2.24, 2.45) is 0 Å². The predicted octanol–water partition coefficient (Wildman–Crippen LogP) is 0.532. The summed E-state index contributed by atoms with van der Waals surface area (Å²) >= 11 is 0. The molecule has 0 aromatic carbocycles. The highest BCUT2D eigenvalue weighted by molar-refractivity contribution is 5.42. The molecular formula is C8H9N2. The molecule has 51 valence electrons. The topological polar surface area (TPSA) is 26.1 Å². The van der Waals surface area contributed by atoms with Gasteiger partial charge in [0.2, 0.25) is 0 Å². The number of dihydropyridines is 1. The van der Waals surface area contributed by atoms with Crippen molar-refractivity contribution in [3.05, 3.63) is 35.7 Å². The van der Waals surface area contributed by atoms with Gasteiger partial charge in [0.25, 0.3) is 0 Å². The summed E-state index contributed by atoms with van der Waals surface area (Å²) in [5.41, 5.74) is 2.35. The zero-order chi connectivity index (χ0) is 6.81. The first-order valence-corrected chi connectivity index (χ1v) is 3.45. The fourth-order valence-corrected chi connectivity index (χ4v) is 1.14. The number of nitrogens with one attached hydrogen (secondary N) is 1. The van der Waals surface area contributed by atoms with Gasteiger partial charge in [-0.25, -0.2) is 0 Å². The third-order valence-electron chi connectivity index (χ3n) is 1.63. The van der Waals surface area contributed by atoms with E-state index in [9.17, 15) is 0 Å². The third kappa shape index (κ3) is 0.817. The Morgan fingerprint density at radius 1 is 1.50 bits per heavy atom. The van der Waals surface area contributed by atoms with Crippen LogP contribution in [-0.2, 0) is 0 Å². The molecule has 0 bridgehead atoms. The van der Waals surface area contributed by atoms with Gasteiger partial charge in [0.15, 0.2) is 0 Å². The summed E-state index contributed by atoms with van der Waals surface area (Å²) in [6.45, 7) is 1.75. The minimum Gasteiger partial charge on any atom is -0.387 e. The molecular weight excluding hydrogens is 124 g/mol. The van der Waals surface area contributed by atoms with Crippen LogP contribution in [0.4, 0.5) is 0 Å². The van der Waals surface area contributed by atoms with Gasteiger partial charge in [0.05, 0.1) is 12.2 Å². The van der Waals surface area contributed by atoms with Crippen LogP contribution in [0.25, 0.3) is 0 Å². The Kier molecular flexibility index (Phi) is 1.24. The van der Waals surface area contributed by atoms with Crippen LogP contribution in [0.2, 0.25) is 0 Å². The summed E-state index contributed by atoms with van der Waals surface area (Å²) in [6, 6.07) is 0. The van der Waals surface area contributed by atoms with Crippen molar-refractivity contribution in [1.29, 1.82) is 0 Å². The molecule has 2 heteroatoms. The number of fused-ring (bicyclic) bond motifs is 1. The predicted molar refractivity (Wildman–Crippen MR) is 40.3 cm³/mol. The Morgan fingerprint density at radius 3 is 3.40 bits per heavy atom. The van der Waals surface area contributed by atoms with Crippen LogP contribution in [0, 0.1) is 0 Å². The molecule has 0 saturated carbocycles. The first-order valence-electron chi connectivity index (χ1n) is 3.45. The van der Waals surface area contributed by atoms with Crippen LogP contribution in [-0.4, -0.2) is 13.1 Å². The summed E-state index contributed by atoms with van der Waals surface area (Å²) in [6.07, 6.45) is 8.29. The molecule has 0 fully saturated rings. The smallest absolute Gasteiger partial charge is 0.0642 e. The molecule has 2 nitrogen and oxygen atoms in total. The first-order chi connectivity index (χ1) is 4.97. The number of allylic oxidation sites excluding steroid dienone is 1. The van der Waals surface area contributed by atoms with Gasteiger partial charge in [0.1, 0.15) is 0 Å². The minimum atomic E-state index is 0.836. The van der Waals surface area contributed by atoms with Crippen LogP contribution in [0.3, 0.4) is 0 Å². The van der Waals surface area contributed by atoms with E-state index in [-0.39, 0.29) is 0 Å². The highest BCUT2D eigenvalue weighted by Crippen LogP contribution is 2.14. The zero-order valence-corrected chi connectivity index (χ0v) is 5.67. The maximum absolute atomic E-state index is 4.32. The van der Waals surface area contributed by atoms with Gasteiger partial charge in [-0.05, 0) is 6.08 Å². The molecule has 0 amide bonds. The molecule has 2 aliphatic rings. The molecule has 0 saturated heterocycles. The Hall–Kier alpha value is -1.18. The van der Waals surface area contributed by atoms with E-state index in [4.69, 9.17) is 0 Å². The van der Waals surface area contributed by atoms with E-state index in [1.165, 1.54) is 5.57 Å². The summed E-state index contributed by atoms with van der Waals surface area (Å²) in [5.74, 6) is 0. The lowest BCUT2D eigenvalue weighted by Crippen LogP contribution is -2.19. The fraction of sp³-hybridized carbons (Fsp3) is 0.250. The van der Waals surface area contributed by atoms with Crippen LogP contribution in [0.1, 0.15) is 0 Å². The van der Waals surface area contributed by atoms with Crippen LogP contribution in [0.5, 0.6) is 0 Å². The van der Waals surface area contributed by atoms with E-state index < -0.39 is 0 Å². The molecule has 0 aromatic heterocycles. The molecule has 1 N–H and O–H groups in total. The Balaban J connectivity index is 2.33. The second-order valence-electron chi connectivity index (χ2n) is 2.34. The lowest BCUT2D eigenvalue weighted by molar-refractivity contribution is 0.830. The molecule has 0 spiro atoms. The van der Waals surface area contributed by atoms with Gasteiger partial charge in [-0.3, -0.25) is 5.32 Å². The lowest BCUT2D eigenvalue weighted by Gasteiger charge is -2.16. The van der Waals surface area contributed by atoms with Crippen molar-refractivity contribution in [2.45, 2.75) is 0 Å². The van der Waals surface area contributed by atoms with Crippen molar-refractivity contribution in [1.82, 2.24) is 10.6 Å². The molecule has 10 heavy (non-hydrogen) atoms. The highest BCUT2D eigenvalue weighted by atomic mass is 14.9. The van der Waals surface area contributed by atoms with Crippen molar-refractivity contribution in [2.75, 3.05) is 13.1 Å². The van der Waals surface area contributed by atoms with E-state index in [1.807, 2.05) is 6.20 Å². The number of nitrogens with zero attached hydrogens (tertiary/aromatic N) is 1. The largest absolute Gasteiger partial charge is 0.387 e. The van der Waals surface area contributed by atoms with Gasteiger partial charge in [-0.15, -0.1) is 0 Å². The maximum Gasteiger partial charge on any atom is 0.0642 e. The quantitative estimate of drug-likeness (QED) is 0.512. The van der Waals surface area contributed by atoms with Crippen molar-refractivity contribution < 1.29 is 0 Å². The summed E-state index contributed by atoms with van der Waals surface area (Å²) in [7, 11) is 0. The summed E-state index contributed by atoms with van der Waals surface area (Å²) in [5, 5.41) is 7.45. The maximum atomic E-state index is 4.32. The van der Waals surface area contributed by atoms with Gasteiger partial charge in [0, 0.05) is 18.3 Å². The molecule has 0 aromatic rings. The Morgan fingerprint density at radius 2 is 2.50 bits per heavy atom. The van der Waals surface area contributed by atoms with Crippen molar-refractivity contribution in [3.8, 4) is 0 Å². The zero-order valence-electron chi connectivity index (χ0n) is 5.67. The second kappa shape index (κ2) is 2.21. The van der Waals surface area contributed by atoms with E-state index >= 15 is 0 Å².